The number of cyclic esters (lactones) is 1. The zero-order chi connectivity index (χ0) is 17.6. The molecule has 6 nitrogen and oxygen atoms in total. The van der Waals surface area contributed by atoms with Gasteiger partial charge in [0.2, 0.25) is 0 Å². The lowest BCUT2D eigenvalue weighted by atomic mass is 10.1. The van der Waals surface area contributed by atoms with Crippen molar-refractivity contribution >= 4 is 17.8 Å². The highest BCUT2D eigenvalue weighted by molar-refractivity contribution is 6.05. The monoisotopic (exact) mass is 337 g/mol. The zero-order valence-electron chi connectivity index (χ0n) is 13.1. The summed E-state index contributed by atoms with van der Waals surface area (Å²) in [5.74, 6) is -0.699. The van der Waals surface area contributed by atoms with Gasteiger partial charge in [-0.2, -0.15) is 5.10 Å². The van der Waals surface area contributed by atoms with E-state index < -0.39 is 11.5 Å². The number of fused-ring (bicyclic) bond motifs is 1. The fraction of sp³-hybridized carbons (Fsp3) is 0.0556. The van der Waals surface area contributed by atoms with Gasteiger partial charge >= 0.3 is 5.97 Å². The summed E-state index contributed by atoms with van der Waals surface area (Å²) in [6, 6.07) is 7.59. The van der Waals surface area contributed by atoms with Gasteiger partial charge in [0.15, 0.2) is 0 Å². The fourth-order valence-corrected chi connectivity index (χ4v) is 2.70. The van der Waals surface area contributed by atoms with Crippen LogP contribution in [0.15, 0.2) is 47.5 Å². The molecular weight excluding hydrogens is 325 g/mol. The van der Waals surface area contributed by atoms with Crippen LogP contribution in [0.1, 0.15) is 27.2 Å². The number of carbonyl (C=O) groups excluding carboxylic acids is 1. The minimum Gasteiger partial charge on any atom is -0.422 e. The Morgan fingerprint density at radius 3 is 2.76 bits per heavy atom. The maximum absolute atomic E-state index is 13.0. The lowest BCUT2D eigenvalue weighted by molar-refractivity contribution is 0.0715. The van der Waals surface area contributed by atoms with E-state index in [0.29, 0.717) is 28.3 Å². The van der Waals surface area contributed by atoms with Crippen molar-refractivity contribution in [3.05, 3.63) is 81.3 Å². The Hall–Kier alpha value is -3.48. The van der Waals surface area contributed by atoms with E-state index in [4.69, 9.17) is 4.74 Å². The number of pyridine rings is 1. The second kappa shape index (κ2) is 5.55. The first-order chi connectivity index (χ1) is 12.0. The SMILES string of the molecule is Cc1cc2c(c(=O)[nH]1)C(=O)O/C2=C/c1cnn(-c2ccc(F)cc2)c1. The number of hydrogen-bond acceptors (Lipinski definition) is 4. The topological polar surface area (TPSA) is 77.0 Å². The summed E-state index contributed by atoms with van der Waals surface area (Å²) >= 11 is 0. The summed E-state index contributed by atoms with van der Waals surface area (Å²) in [6.07, 6.45) is 4.93. The molecule has 0 bridgehead atoms. The number of benzene rings is 1. The number of esters is 1. The van der Waals surface area contributed by atoms with Crippen molar-refractivity contribution in [3.8, 4) is 5.69 Å². The molecule has 0 unspecified atom stereocenters. The molecule has 7 heteroatoms. The zero-order valence-corrected chi connectivity index (χ0v) is 13.1. The van der Waals surface area contributed by atoms with Crippen LogP contribution in [0.5, 0.6) is 0 Å². The number of hydrogen-bond donors (Lipinski definition) is 1. The Bertz CT molecular complexity index is 1080. The second-order valence-electron chi connectivity index (χ2n) is 5.66. The minimum absolute atomic E-state index is 0.00257. The molecule has 25 heavy (non-hydrogen) atoms. The molecule has 0 spiro atoms. The molecule has 124 valence electrons. The van der Waals surface area contributed by atoms with E-state index in [0.717, 1.165) is 0 Å². The van der Waals surface area contributed by atoms with Gasteiger partial charge in [-0.05, 0) is 43.3 Å². The number of H-pyrrole nitrogens is 1. The molecule has 0 saturated carbocycles. The summed E-state index contributed by atoms with van der Waals surface area (Å²) in [4.78, 5) is 26.4. The quantitative estimate of drug-likeness (QED) is 0.730. The second-order valence-corrected chi connectivity index (χ2v) is 5.66. The molecule has 2 aromatic heterocycles. The molecule has 3 heterocycles. The third-order valence-corrected chi connectivity index (χ3v) is 3.83. The third kappa shape index (κ3) is 2.65. The van der Waals surface area contributed by atoms with Crippen LogP contribution in [0, 0.1) is 12.7 Å². The number of nitrogens with one attached hydrogen (secondary N) is 1. The number of aryl methyl sites for hydroxylation is 1. The molecule has 3 aromatic rings. The van der Waals surface area contributed by atoms with Gasteiger partial charge in [0.25, 0.3) is 5.56 Å². The molecule has 0 amide bonds. The highest BCUT2D eigenvalue weighted by Crippen LogP contribution is 2.29. The van der Waals surface area contributed by atoms with E-state index in [1.54, 1.807) is 48.3 Å². The molecule has 0 saturated heterocycles. The number of ether oxygens (including phenoxy) is 1. The van der Waals surface area contributed by atoms with Gasteiger partial charge in [-0.1, -0.05) is 0 Å². The lowest BCUT2D eigenvalue weighted by Gasteiger charge is -2.00. The van der Waals surface area contributed by atoms with E-state index in [1.807, 2.05) is 0 Å². The Kier molecular flexibility index (Phi) is 3.35. The summed E-state index contributed by atoms with van der Waals surface area (Å²) in [5.41, 5.74) is 2.00. The van der Waals surface area contributed by atoms with Crippen LogP contribution in [-0.2, 0) is 4.74 Å². The highest BCUT2D eigenvalue weighted by atomic mass is 19.1. The molecule has 1 N–H and O–H groups in total. The van der Waals surface area contributed by atoms with E-state index in [9.17, 15) is 14.0 Å². The number of nitrogens with zero attached hydrogens (tertiary/aromatic N) is 2. The first kappa shape index (κ1) is 15.1. The molecule has 0 aliphatic carbocycles. The van der Waals surface area contributed by atoms with Gasteiger partial charge in [-0.25, -0.2) is 13.9 Å². The van der Waals surface area contributed by atoms with Crippen LogP contribution < -0.4 is 5.56 Å². The molecule has 0 atom stereocenters. The van der Waals surface area contributed by atoms with Crippen molar-refractivity contribution < 1.29 is 13.9 Å². The van der Waals surface area contributed by atoms with Crippen LogP contribution in [0.3, 0.4) is 0 Å². The fourth-order valence-electron chi connectivity index (χ4n) is 2.70. The number of carbonyl (C=O) groups is 1. The summed E-state index contributed by atoms with van der Waals surface area (Å²) in [5, 5.41) is 4.21. The number of halogens is 1. The van der Waals surface area contributed by atoms with Crippen molar-refractivity contribution in [2.24, 2.45) is 0 Å². The van der Waals surface area contributed by atoms with Gasteiger partial charge < -0.3 is 9.72 Å². The van der Waals surface area contributed by atoms with Gasteiger partial charge in [0.1, 0.15) is 17.1 Å². The van der Waals surface area contributed by atoms with Crippen molar-refractivity contribution in [1.29, 1.82) is 0 Å². The van der Waals surface area contributed by atoms with E-state index >= 15 is 0 Å². The van der Waals surface area contributed by atoms with Crippen molar-refractivity contribution in [3.63, 3.8) is 0 Å². The summed E-state index contributed by atoms with van der Waals surface area (Å²) < 4.78 is 19.8. The molecule has 0 fully saturated rings. The van der Waals surface area contributed by atoms with E-state index in [-0.39, 0.29) is 11.4 Å². The lowest BCUT2D eigenvalue weighted by Crippen LogP contribution is -2.16. The van der Waals surface area contributed by atoms with E-state index in [1.165, 1.54) is 12.1 Å². The smallest absolute Gasteiger partial charge is 0.349 e. The average Bonchev–Trinajstić information content (AvgIpc) is 3.14. The molecule has 1 aliphatic rings. The van der Waals surface area contributed by atoms with Gasteiger partial charge in [-0.15, -0.1) is 0 Å². The largest absolute Gasteiger partial charge is 0.422 e. The molecular formula is C18H12FN3O3. The Balaban J connectivity index is 1.73. The third-order valence-electron chi connectivity index (χ3n) is 3.83. The van der Waals surface area contributed by atoms with Crippen molar-refractivity contribution in [2.45, 2.75) is 6.92 Å². The average molecular weight is 337 g/mol. The normalized spacial score (nSPS) is 14.6. The van der Waals surface area contributed by atoms with Gasteiger partial charge in [-0.3, -0.25) is 4.79 Å². The predicted octanol–water partition coefficient (Wildman–Crippen LogP) is 2.68. The number of aromatic amines is 1. The first-order valence-corrected chi connectivity index (χ1v) is 7.50. The van der Waals surface area contributed by atoms with Crippen LogP contribution in [0.2, 0.25) is 0 Å². The van der Waals surface area contributed by atoms with Gasteiger partial charge in [0, 0.05) is 23.0 Å². The highest BCUT2D eigenvalue weighted by Gasteiger charge is 2.30. The maximum atomic E-state index is 13.0. The van der Waals surface area contributed by atoms with Crippen molar-refractivity contribution in [1.82, 2.24) is 14.8 Å². The predicted molar refractivity (Wildman–Crippen MR) is 88.6 cm³/mol. The number of rotatable bonds is 2. The molecule has 4 rings (SSSR count). The van der Waals surface area contributed by atoms with E-state index in [2.05, 4.69) is 10.1 Å². The molecule has 0 radical (unpaired) electrons. The van der Waals surface area contributed by atoms with Crippen molar-refractivity contribution in [2.75, 3.05) is 0 Å². The number of aromatic nitrogens is 3. The summed E-state index contributed by atoms with van der Waals surface area (Å²) in [6.45, 7) is 1.73. The van der Waals surface area contributed by atoms with Crippen LogP contribution in [0.25, 0.3) is 17.5 Å². The first-order valence-electron chi connectivity index (χ1n) is 7.50. The molecule has 1 aliphatic heterocycles. The van der Waals surface area contributed by atoms with Crippen LogP contribution >= 0.6 is 0 Å². The Morgan fingerprint density at radius 1 is 1.24 bits per heavy atom. The van der Waals surface area contributed by atoms with Crippen LogP contribution in [0.4, 0.5) is 4.39 Å². The van der Waals surface area contributed by atoms with Crippen LogP contribution in [-0.4, -0.2) is 20.7 Å². The Morgan fingerprint density at radius 2 is 2.00 bits per heavy atom. The summed E-state index contributed by atoms with van der Waals surface area (Å²) in [7, 11) is 0. The maximum Gasteiger partial charge on any atom is 0.349 e. The minimum atomic E-state index is -0.673. The Labute approximate surface area is 141 Å². The standard InChI is InChI=1S/C18H12FN3O3/c1-10-6-14-15(25-18(24)16(14)17(23)21-10)7-11-8-20-22(9-11)13-4-2-12(19)3-5-13/h2-9H,1H3,(H,21,23)/b15-7+. The molecule has 1 aromatic carbocycles. The van der Waals surface area contributed by atoms with Gasteiger partial charge in [0.05, 0.1) is 11.9 Å².